The second kappa shape index (κ2) is 8.46. The molecule has 6 nitrogen and oxygen atoms in total. The number of ether oxygens (including phenoxy) is 1. The number of nitrogens with one attached hydrogen (secondary N) is 2. The molecular weight excluding hydrogens is 340 g/mol. The molecule has 132 valence electrons. The Labute approximate surface area is 147 Å². The van der Waals surface area contributed by atoms with Crippen LogP contribution in [0.15, 0.2) is 59.5 Å². The van der Waals surface area contributed by atoms with E-state index in [0.717, 1.165) is 5.56 Å². The molecule has 0 spiro atoms. The molecule has 0 aromatic heterocycles. The maximum absolute atomic E-state index is 12.0. The molecule has 0 saturated heterocycles. The maximum atomic E-state index is 12.0. The Morgan fingerprint density at radius 2 is 1.88 bits per heavy atom. The number of hydrogen-bond acceptors (Lipinski definition) is 4. The van der Waals surface area contributed by atoms with Crippen molar-refractivity contribution in [1.82, 2.24) is 10.0 Å². The highest BCUT2D eigenvalue weighted by Crippen LogP contribution is 2.25. The number of amides is 1. The van der Waals surface area contributed by atoms with Crippen molar-refractivity contribution in [3.8, 4) is 5.75 Å². The average Bonchev–Trinajstić information content (AvgIpc) is 2.65. The fourth-order valence-corrected chi connectivity index (χ4v) is 3.06. The summed E-state index contributed by atoms with van der Waals surface area (Å²) in [6.07, 6.45) is 2.91. The summed E-state index contributed by atoms with van der Waals surface area (Å²) in [6, 6.07) is 14.2. The zero-order chi connectivity index (χ0) is 18.3. The lowest BCUT2D eigenvalue weighted by molar-refractivity contribution is -0.116. The van der Waals surface area contributed by atoms with Gasteiger partial charge in [-0.05, 0) is 36.4 Å². The molecule has 7 heteroatoms. The van der Waals surface area contributed by atoms with E-state index in [4.69, 9.17) is 4.74 Å². The predicted octanol–water partition coefficient (Wildman–Crippen LogP) is 1.93. The molecule has 0 aliphatic carbocycles. The number of carbonyl (C=O) groups is 1. The Balaban J connectivity index is 2.10. The third-order valence-electron chi connectivity index (χ3n) is 3.48. The van der Waals surface area contributed by atoms with Crippen molar-refractivity contribution in [3.05, 3.63) is 65.7 Å². The Morgan fingerprint density at radius 3 is 2.52 bits per heavy atom. The van der Waals surface area contributed by atoms with Crippen LogP contribution in [0.5, 0.6) is 5.75 Å². The molecule has 0 bridgehead atoms. The van der Waals surface area contributed by atoms with E-state index < -0.39 is 10.0 Å². The Kier molecular flexibility index (Phi) is 6.32. The molecule has 2 aromatic carbocycles. The van der Waals surface area contributed by atoms with Crippen molar-refractivity contribution in [2.45, 2.75) is 11.4 Å². The van der Waals surface area contributed by atoms with Crippen LogP contribution in [0.4, 0.5) is 0 Å². The zero-order valence-electron chi connectivity index (χ0n) is 14.0. The monoisotopic (exact) mass is 360 g/mol. The van der Waals surface area contributed by atoms with Gasteiger partial charge in [0.15, 0.2) is 0 Å². The highest BCUT2D eigenvalue weighted by atomic mass is 32.2. The number of benzene rings is 2. The van der Waals surface area contributed by atoms with Crippen molar-refractivity contribution in [2.75, 3.05) is 14.2 Å². The largest absolute Gasteiger partial charge is 0.495 e. The molecule has 2 rings (SSSR count). The van der Waals surface area contributed by atoms with Gasteiger partial charge in [0.2, 0.25) is 15.9 Å². The van der Waals surface area contributed by atoms with Gasteiger partial charge >= 0.3 is 0 Å². The summed E-state index contributed by atoms with van der Waals surface area (Å²) in [4.78, 5) is 11.9. The van der Waals surface area contributed by atoms with E-state index in [1.54, 1.807) is 18.2 Å². The first-order chi connectivity index (χ1) is 12.0. The van der Waals surface area contributed by atoms with E-state index in [2.05, 4.69) is 10.0 Å². The molecular formula is C18H20N2O4S. The summed E-state index contributed by atoms with van der Waals surface area (Å²) in [5.41, 5.74) is 1.57. The first kappa shape index (κ1) is 18.7. The summed E-state index contributed by atoms with van der Waals surface area (Å²) in [7, 11) is -0.931. The topological polar surface area (TPSA) is 84.5 Å². The van der Waals surface area contributed by atoms with Gasteiger partial charge in [0.1, 0.15) is 10.6 Å². The summed E-state index contributed by atoms with van der Waals surface area (Å²) in [5, 5.41) is 2.77. The lowest BCUT2D eigenvalue weighted by Crippen LogP contribution is -2.20. The first-order valence-corrected chi connectivity index (χ1v) is 9.06. The van der Waals surface area contributed by atoms with Crippen molar-refractivity contribution < 1.29 is 17.9 Å². The standard InChI is InChI=1S/C18H20N2O4S/c1-19-25(22,23)17-12-14(8-10-16(17)24-2)9-11-18(21)20-13-15-6-4-3-5-7-15/h3-12,19H,13H2,1-2H3,(H,20,21)/b11-9+. The Morgan fingerprint density at radius 1 is 1.16 bits per heavy atom. The fraction of sp³-hybridized carbons (Fsp3) is 0.167. The lowest BCUT2D eigenvalue weighted by atomic mass is 10.2. The summed E-state index contributed by atoms with van der Waals surface area (Å²) >= 11 is 0. The minimum absolute atomic E-state index is 0.0179. The van der Waals surface area contributed by atoms with Crippen molar-refractivity contribution in [1.29, 1.82) is 0 Å². The Hall–Kier alpha value is -2.64. The van der Waals surface area contributed by atoms with Crippen LogP contribution in [-0.4, -0.2) is 28.5 Å². The van der Waals surface area contributed by atoms with Gasteiger partial charge in [0, 0.05) is 12.6 Å². The molecule has 0 atom stereocenters. The predicted molar refractivity (Wildman–Crippen MR) is 96.6 cm³/mol. The first-order valence-electron chi connectivity index (χ1n) is 7.57. The van der Waals surface area contributed by atoms with E-state index in [0.29, 0.717) is 12.1 Å². The molecule has 0 aliphatic rings. The van der Waals surface area contributed by atoms with Gasteiger partial charge in [-0.25, -0.2) is 13.1 Å². The van der Waals surface area contributed by atoms with E-state index >= 15 is 0 Å². The van der Waals surface area contributed by atoms with E-state index in [1.165, 1.54) is 26.3 Å². The van der Waals surface area contributed by atoms with Crippen LogP contribution in [0.1, 0.15) is 11.1 Å². The quantitative estimate of drug-likeness (QED) is 0.739. The van der Waals surface area contributed by atoms with Crippen LogP contribution in [0.2, 0.25) is 0 Å². The second-order valence-electron chi connectivity index (χ2n) is 5.15. The minimum atomic E-state index is -3.66. The fourth-order valence-electron chi connectivity index (χ4n) is 2.13. The van der Waals surface area contributed by atoms with Crippen LogP contribution in [-0.2, 0) is 21.4 Å². The van der Waals surface area contributed by atoms with E-state index in [-0.39, 0.29) is 16.6 Å². The molecule has 0 aliphatic heterocycles. The van der Waals surface area contributed by atoms with Crippen LogP contribution in [0.25, 0.3) is 6.08 Å². The average molecular weight is 360 g/mol. The van der Waals surface area contributed by atoms with Crippen molar-refractivity contribution >= 4 is 22.0 Å². The van der Waals surface area contributed by atoms with E-state index in [1.807, 2.05) is 30.3 Å². The number of rotatable bonds is 7. The summed E-state index contributed by atoms with van der Waals surface area (Å²) in [6.45, 7) is 0.423. The van der Waals surface area contributed by atoms with Crippen molar-refractivity contribution in [3.63, 3.8) is 0 Å². The normalized spacial score (nSPS) is 11.4. The number of sulfonamides is 1. The number of carbonyl (C=O) groups excluding carboxylic acids is 1. The maximum Gasteiger partial charge on any atom is 0.244 e. The molecule has 0 heterocycles. The minimum Gasteiger partial charge on any atom is -0.495 e. The van der Waals surface area contributed by atoms with Gasteiger partial charge in [0.25, 0.3) is 0 Å². The molecule has 0 unspecified atom stereocenters. The molecule has 2 N–H and O–H groups in total. The lowest BCUT2D eigenvalue weighted by Gasteiger charge is -2.09. The Bertz CT molecular complexity index is 862. The zero-order valence-corrected chi connectivity index (χ0v) is 14.8. The highest BCUT2D eigenvalue weighted by Gasteiger charge is 2.17. The second-order valence-corrected chi connectivity index (χ2v) is 7.01. The van der Waals surface area contributed by atoms with Gasteiger partial charge in [0.05, 0.1) is 7.11 Å². The van der Waals surface area contributed by atoms with Gasteiger partial charge in [-0.1, -0.05) is 36.4 Å². The van der Waals surface area contributed by atoms with Crippen molar-refractivity contribution in [2.24, 2.45) is 0 Å². The van der Waals surface area contributed by atoms with Crippen LogP contribution >= 0.6 is 0 Å². The van der Waals surface area contributed by atoms with Crippen LogP contribution in [0.3, 0.4) is 0 Å². The van der Waals surface area contributed by atoms with Crippen LogP contribution in [0, 0.1) is 0 Å². The van der Waals surface area contributed by atoms with Gasteiger partial charge < -0.3 is 10.1 Å². The number of methoxy groups -OCH3 is 1. The molecule has 2 aromatic rings. The third-order valence-corrected chi connectivity index (χ3v) is 4.92. The highest BCUT2D eigenvalue weighted by molar-refractivity contribution is 7.89. The molecule has 0 fully saturated rings. The SMILES string of the molecule is CNS(=O)(=O)c1cc(/C=C/C(=O)NCc2ccccc2)ccc1OC. The summed E-state index contributed by atoms with van der Waals surface area (Å²) in [5.74, 6) is -0.0299. The molecule has 1 amide bonds. The van der Waals surface area contributed by atoms with E-state index in [9.17, 15) is 13.2 Å². The van der Waals surface area contributed by atoms with Gasteiger partial charge in [-0.3, -0.25) is 4.79 Å². The molecule has 0 saturated carbocycles. The van der Waals surface area contributed by atoms with Gasteiger partial charge in [-0.2, -0.15) is 0 Å². The molecule has 0 radical (unpaired) electrons. The molecule has 25 heavy (non-hydrogen) atoms. The smallest absolute Gasteiger partial charge is 0.244 e. The number of hydrogen-bond donors (Lipinski definition) is 2. The van der Waals surface area contributed by atoms with Gasteiger partial charge in [-0.15, -0.1) is 0 Å². The summed E-state index contributed by atoms with van der Waals surface area (Å²) < 4.78 is 31.4. The third kappa shape index (κ3) is 5.17. The van der Waals surface area contributed by atoms with Crippen LogP contribution < -0.4 is 14.8 Å².